The number of benzene rings is 1. The van der Waals surface area contributed by atoms with Crippen molar-refractivity contribution in [3.8, 4) is 11.8 Å². The third kappa shape index (κ3) is 2.34. The molecule has 98 valence electrons. The molecule has 0 fully saturated rings. The molecule has 1 heterocycles. The lowest BCUT2D eigenvalue weighted by Crippen LogP contribution is -2.07. The summed E-state index contributed by atoms with van der Waals surface area (Å²) in [5.41, 5.74) is 1.24. The van der Waals surface area contributed by atoms with E-state index in [1.54, 1.807) is 6.07 Å². The molecule has 0 aliphatic heterocycles. The first-order chi connectivity index (χ1) is 9.10. The van der Waals surface area contributed by atoms with Crippen molar-refractivity contribution in [3.63, 3.8) is 0 Å². The lowest BCUT2D eigenvalue weighted by Gasteiger charge is -2.08. The van der Waals surface area contributed by atoms with E-state index in [0.717, 1.165) is 23.5 Å². The van der Waals surface area contributed by atoms with Gasteiger partial charge in [0.05, 0.1) is 17.3 Å². The van der Waals surface area contributed by atoms with E-state index in [4.69, 9.17) is 5.26 Å². The van der Waals surface area contributed by atoms with E-state index in [1.165, 1.54) is 4.68 Å². The van der Waals surface area contributed by atoms with Gasteiger partial charge >= 0.3 is 0 Å². The maximum Gasteiger partial charge on any atom is 0.153 e. The smallest absolute Gasteiger partial charge is 0.153 e. The van der Waals surface area contributed by atoms with Crippen molar-refractivity contribution >= 4 is 0 Å². The number of aryl methyl sites for hydroxylation is 2. The summed E-state index contributed by atoms with van der Waals surface area (Å²) in [5.74, 6) is -1.56. The third-order valence-corrected chi connectivity index (χ3v) is 2.92. The first-order valence-corrected chi connectivity index (χ1v) is 6.08. The molecule has 0 radical (unpaired) electrons. The van der Waals surface area contributed by atoms with Crippen LogP contribution in [0.3, 0.4) is 0 Å². The second-order valence-corrected chi connectivity index (χ2v) is 4.15. The van der Waals surface area contributed by atoms with E-state index in [0.29, 0.717) is 12.8 Å². The number of nitriles is 1. The molecule has 0 spiro atoms. The summed E-state index contributed by atoms with van der Waals surface area (Å²) < 4.78 is 29.2. The predicted molar refractivity (Wildman–Crippen MR) is 67.0 cm³/mol. The highest BCUT2D eigenvalue weighted by Crippen LogP contribution is 2.22. The maximum atomic E-state index is 14.0. The van der Waals surface area contributed by atoms with Crippen LogP contribution in [0.5, 0.6) is 0 Å². The van der Waals surface area contributed by atoms with E-state index >= 15 is 0 Å². The monoisotopic (exact) mass is 261 g/mol. The molecule has 19 heavy (non-hydrogen) atoms. The van der Waals surface area contributed by atoms with Crippen molar-refractivity contribution in [3.05, 3.63) is 46.8 Å². The summed E-state index contributed by atoms with van der Waals surface area (Å²) in [5, 5.41) is 12.9. The fourth-order valence-electron chi connectivity index (χ4n) is 1.93. The molecule has 0 aliphatic rings. The van der Waals surface area contributed by atoms with Gasteiger partial charge in [-0.3, -0.25) is 0 Å². The van der Waals surface area contributed by atoms with Crippen LogP contribution < -0.4 is 0 Å². The highest BCUT2D eigenvalue weighted by atomic mass is 19.1. The van der Waals surface area contributed by atoms with Crippen molar-refractivity contribution in [2.75, 3.05) is 0 Å². The summed E-state index contributed by atoms with van der Waals surface area (Å²) in [6.07, 6.45) is 1.31. The Bertz CT molecular complexity index is 630. The van der Waals surface area contributed by atoms with Gasteiger partial charge in [0, 0.05) is 5.69 Å². The Balaban J connectivity index is 2.65. The van der Waals surface area contributed by atoms with Crippen LogP contribution in [0.25, 0.3) is 5.69 Å². The van der Waals surface area contributed by atoms with Crippen molar-refractivity contribution in [1.29, 1.82) is 5.26 Å². The zero-order valence-electron chi connectivity index (χ0n) is 10.7. The van der Waals surface area contributed by atoms with Crippen LogP contribution >= 0.6 is 0 Å². The number of hydrogen-bond donors (Lipinski definition) is 0. The Morgan fingerprint density at radius 1 is 1.16 bits per heavy atom. The molecule has 0 unspecified atom stereocenters. The van der Waals surface area contributed by atoms with Crippen molar-refractivity contribution in [2.24, 2.45) is 0 Å². The van der Waals surface area contributed by atoms with Crippen LogP contribution in [-0.2, 0) is 12.8 Å². The molecule has 1 aromatic carbocycles. The quantitative estimate of drug-likeness (QED) is 0.851. The predicted octanol–water partition coefficient (Wildman–Crippen LogP) is 3.15. The molecular weight excluding hydrogens is 248 g/mol. The highest BCUT2D eigenvalue weighted by molar-refractivity contribution is 5.43. The lowest BCUT2D eigenvalue weighted by atomic mass is 10.2. The number of halogens is 2. The van der Waals surface area contributed by atoms with Crippen molar-refractivity contribution in [2.45, 2.75) is 26.7 Å². The minimum atomic E-state index is -0.781. The Labute approximate surface area is 110 Å². The molecule has 1 aromatic heterocycles. The molecule has 2 rings (SSSR count). The van der Waals surface area contributed by atoms with Gasteiger partial charge in [0.1, 0.15) is 5.69 Å². The minimum absolute atomic E-state index is 0.0420. The average molecular weight is 261 g/mol. The van der Waals surface area contributed by atoms with Crippen LogP contribution in [0.2, 0.25) is 0 Å². The van der Waals surface area contributed by atoms with Gasteiger partial charge in [-0.25, -0.2) is 13.5 Å². The van der Waals surface area contributed by atoms with Crippen LogP contribution in [0.1, 0.15) is 30.8 Å². The second kappa shape index (κ2) is 5.19. The summed E-state index contributed by atoms with van der Waals surface area (Å²) in [7, 11) is 0. The van der Waals surface area contributed by atoms with Crippen molar-refractivity contribution < 1.29 is 8.78 Å². The number of nitrogens with zero attached hydrogens (tertiary/aromatic N) is 3. The van der Waals surface area contributed by atoms with Gasteiger partial charge in [0.2, 0.25) is 0 Å². The van der Waals surface area contributed by atoms with Crippen LogP contribution in [0.15, 0.2) is 18.2 Å². The van der Waals surface area contributed by atoms with Crippen LogP contribution in [0, 0.1) is 23.0 Å². The Morgan fingerprint density at radius 2 is 1.79 bits per heavy atom. The number of rotatable bonds is 3. The van der Waals surface area contributed by atoms with E-state index in [-0.39, 0.29) is 11.3 Å². The van der Waals surface area contributed by atoms with E-state index < -0.39 is 11.6 Å². The van der Waals surface area contributed by atoms with E-state index in [9.17, 15) is 8.78 Å². The molecule has 0 N–H and O–H groups in total. The van der Waals surface area contributed by atoms with Gasteiger partial charge in [-0.15, -0.1) is 0 Å². The molecule has 3 nitrogen and oxygen atoms in total. The first-order valence-electron chi connectivity index (χ1n) is 6.08. The van der Waals surface area contributed by atoms with E-state index in [2.05, 4.69) is 5.10 Å². The van der Waals surface area contributed by atoms with Gasteiger partial charge in [0.15, 0.2) is 11.6 Å². The summed E-state index contributed by atoms with van der Waals surface area (Å²) in [6, 6.07) is 5.59. The lowest BCUT2D eigenvalue weighted by molar-refractivity contribution is 0.554. The van der Waals surface area contributed by atoms with Crippen LogP contribution in [0.4, 0.5) is 8.78 Å². The zero-order valence-corrected chi connectivity index (χ0v) is 10.7. The third-order valence-electron chi connectivity index (χ3n) is 2.92. The molecule has 0 atom stereocenters. The molecule has 0 bridgehead atoms. The molecule has 0 saturated carbocycles. The number of aromatic nitrogens is 2. The van der Waals surface area contributed by atoms with E-state index in [1.807, 2.05) is 19.9 Å². The average Bonchev–Trinajstić information content (AvgIpc) is 2.81. The second-order valence-electron chi connectivity index (χ2n) is 4.15. The first kappa shape index (κ1) is 13.2. The summed E-state index contributed by atoms with van der Waals surface area (Å²) in [4.78, 5) is 0. The van der Waals surface area contributed by atoms with Crippen molar-refractivity contribution in [1.82, 2.24) is 9.78 Å². The molecule has 0 amide bonds. The molecule has 5 heteroatoms. The zero-order chi connectivity index (χ0) is 14.0. The summed E-state index contributed by atoms with van der Waals surface area (Å²) >= 11 is 0. The minimum Gasteiger partial charge on any atom is -0.232 e. The highest BCUT2D eigenvalue weighted by Gasteiger charge is 2.17. The standard InChI is InChI=1S/C14H13F2N3/c1-3-10-7-11(4-2)19(18-10)14-12(15)5-9(8-17)6-13(14)16/h5-7H,3-4H2,1-2H3. The number of hydrogen-bond acceptors (Lipinski definition) is 2. The fraction of sp³-hybridized carbons (Fsp3) is 0.286. The molecule has 2 aromatic rings. The fourth-order valence-corrected chi connectivity index (χ4v) is 1.93. The Kier molecular flexibility index (Phi) is 3.61. The Morgan fingerprint density at radius 3 is 2.26 bits per heavy atom. The van der Waals surface area contributed by atoms with Gasteiger partial charge in [-0.2, -0.15) is 10.4 Å². The maximum absolute atomic E-state index is 14.0. The SMILES string of the molecule is CCc1cc(CC)n(-c2c(F)cc(C#N)cc2F)n1. The van der Waals surface area contributed by atoms with Gasteiger partial charge in [0.25, 0.3) is 0 Å². The molecular formula is C14H13F2N3. The summed E-state index contributed by atoms with van der Waals surface area (Å²) in [6.45, 7) is 3.82. The van der Waals surface area contributed by atoms with Gasteiger partial charge in [-0.1, -0.05) is 13.8 Å². The normalized spacial score (nSPS) is 10.5. The van der Waals surface area contributed by atoms with Crippen LogP contribution in [-0.4, -0.2) is 9.78 Å². The van der Waals surface area contributed by atoms with Gasteiger partial charge in [-0.05, 0) is 31.0 Å². The van der Waals surface area contributed by atoms with Gasteiger partial charge < -0.3 is 0 Å². The molecule has 0 aliphatic carbocycles. The topological polar surface area (TPSA) is 41.6 Å². The Hall–Kier alpha value is -2.22. The largest absolute Gasteiger partial charge is 0.232 e. The molecule has 0 saturated heterocycles.